The highest BCUT2D eigenvalue weighted by atomic mass is 16.4. The number of fused-ring (bicyclic) bond motifs is 1. The van der Waals surface area contributed by atoms with Crippen molar-refractivity contribution in [3.8, 4) is 5.69 Å². The Kier molecular flexibility index (Phi) is 5.14. The maximum Gasteiger partial charge on any atom is 0.419 e. The van der Waals surface area contributed by atoms with Gasteiger partial charge < -0.3 is 9.73 Å². The van der Waals surface area contributed by atoms with Crippen molar-refractivity contribution in [2.24, 2.45) is 7.05 Å². The third kappa shape index (κ3) is 3.47. The topological polar surface area (TPSA) is 91.2 Å². The molecule has 2 aromatic carbocycles. The first-order valence-electron chi connectivity index (χ1n) is 9.69. The summed E-state index contributed by atoms with van der Waals surface area (Å²) >= 11 is 0. The number of hydrogen-bond donors (Lipinski definition) is 1. The highest BCUT2D eigenvalue weighted by Crippen LogP contribution is 2.15. The standard InChI is InChI=1S/C22H22N4O4/c1-15-20(21(28)26(24(15)2)16-9-4-3-5-10-16)23-19(27)13-8-14-25-17-11-6-7-12-18(17)30-22(25)29/h3-7,9-12H,8,13-14H2,1-2H3,(H,23,27). The zero-order valence-electron chi connectivity index (χ0n) is 16.8. The zero-order chi connectivity index (χ0) is 21.3. The Bertz CT molecular complexity index is 1320. The van der Waals surface area contributed by atoms with Crippen LogP contribution in [0.5, 0.6) is 0 Å². The Labute approximate surface area is 171 Å². The van der Waals surface area contributed by atoms with Gasteiger partial charge in [-0.05, 0) is 37.6 Å². The molecule has 0 radical (unpaired) electrons. The van der Waals surface area contributed by atoms with Crippen LogP contribution in [-0.2, 0) is 18.4 Å². The van der Waals surface area contributed by atoms with Gasteiger partial charge in [0.1, 0.15) is 5.69 Å². The molecule has 2 heterocycles. The molecule has 1 amide bonds. The van der Waals surface area contributed by atoms with Gasteiger partial charge in [0.2, 0.25) is 5.91 Å². The molecule has 2 aromatic heterocycles. The van der Waals surface area contributed by atoms with Gasteiger partial charge >= 0.3 is 5.76 Å². The van der Waals surface area contributed by atoms with E-state index in [4.69, 9.17) is 4.42 Å². The minimum Gasteiger partial charge on any atom is -0.408 e. The molecule has 8 heteroatoms. The van der Waals surface area contributed by atoms with Crippen LogP contribution in [0.1, 0.15) is 18.5 Å². The summed E-state index contributed by atoms with van der Waals surface area (Å²) in [5, 5.41) is 2.74. The van der Waals surface area contributed by atoms with Crippen LogP contribution >= 0.6 is 0 Å². The van der Waals surface area contributed by atoms with Gasteiger partial charge in [0.25, 0.3) is 5.56 Å². The molecular formula is C22H22N4O4. The Hall–Kier alpha value is -3.81. The first-order valence-corrected chi connectivity index (χ1v) is 9.69. The van der Waals surface area contributed by atoms with Gasteiger partial charge in [0, 0.05) is 20.0 Å². The first-order chi connectivity index (χ1) is 14.5. The fourth-order valence-corrected chi connectivity index (χ4v) is 3.54. The molecule has 0 atom stereocenters. The molecule has 0 bridgehead atoms. The van der Waals surface area contributed by atoms with Crippen molar-refractivity contribution >= 4 is 22.7 Å². The van der Waals surface area contributed by atoms with Crippen LogP contribution in [0.3, 0.4) is 0 Å². The molecule has 8 nitrogen and oxygen atoms in total. The largest absolute Gasteiger partial charge is 0.419 e. The third-order valence-electron chi connectivity index (χ3n) is 5.18. The summed E-state index contributed by atoms with van der Waals surface area (Å²) in [4.78, 5) is 37.4. The van der Waals surface area contributed by atoms with Crippen LogP contribution in [-0.4, -0.2) is 19.8 Å². The smallest absolute Gasteiger partial charge is 0.408 e. The lowest BCUT2D eigenvalue weighted by atomic mass is 10.2. The summed E-state index contributed by atoms with van der Waals surface area (Å²) in [6, 6.07) is 16.4. The maximum absolute atomic E-state index is 12.9. The molecule has 0 saturated carbocycles. The first kappa shape index (κ1) is 19.5. The average molecular weight is 406 g/mol. The van der Waals surface area contributed by atoms with E-state index in [1.807, 2.05) is 36.4 Å². The van der Waals surface area contributed by atoms with Crippen LogP contribution in [0.25, 0.3) is 16.8 Å². The molecule has 4 rings (SSSR count). The van der Waals surface area contributed by atoms with E-state index in [1.165, 1.54) is 9.25 Å². The van der Waals surface area contributed by atoms with Gasteiger partial charge in [-0.3, -0.25) is 18.8 Å². The van der Waals surface area contributed by atoms with E-state index in [0.29, 0.717) is 29.8 Å². The number of carbonyl (C=O) groups is 1. The number of nitrogens with zero attached hydrogens (tertiary/aromatic N) is 3. The van der Waals surface area contributed by atoms with E-state index >= 15 is 0 Å². The third-order valence-corrected chi connectivity index (χ3v) is 5.18. The fraction of sp³-hybridized carbons (Fsp3) is 0.227. The van der Waals surface area contributed by atoms with Gasteiger partial charge in [-0.25, -0.2) is 9.48 Å². The molecule has 0 aliphatic rings. The van der Waals surface area contributed by atoms with E-state index in [9.17, 15) is 14.4 Å². The minimum absolute atomic E-state index is 0.172. The maximum atomic E-state index is 12.9. The van der Waals surface area contributed by atoms with Gasteiger partial charge in [-0.1, -0.05) is 30.3 Å². The number of para-hydroxylation sites is 3. The lowest BCUT2D eigenvalue weighted by molar-refractivity contribution is -0.116. The number of aromatic nitrogens is 3. The summed E-state index contributed by atoms with van der Waals surface area (Å²) in [5.74, 6) is -0.719. The van der Waals surface area contributed by atoms with E-state index in [0.717, 1.165) is 5.69 Å². The summed E-state index contributed by atoms with van der Waals surface area (Å²) in [6.07, 6.45) is 0.610. The Morgan fingerprint density at radius 1 is 1.03 bits per heavy atom. The minimum atomic E-state index is -0.443. The van der Waals surface area contributed by atoms with Crippen LogP contribution in [0.4, 0.5) is 5.69 Å². The summed E-state index contributed by atoms with van der Waals surface area (Å²) in [7, 11) is 1.77. The normalized spacial score (nSPS) is 11.1. The van der Waals surface area contributed by atoms with Crippen molar-refractivity contribution in [2.75, 3.05) is 5.32 Å². The number of amides is 1. The molecule has 30 heavy (non-hydrogen) atoms. The molecular weight excluding hydrogens is 384 g/mol. The number of carbonyl (C=O) groups excluding carboxylic acids is 1. The second-order valence-corrected chi connectivity index (χ2v) is 7.08. The second kappa shape index (κ2) is 7.90. The Balaban J connectivity index is 1.47. The van der Waals surface area contributed by atoms with E-state index in [-0.39, 0.29) is 23.6 Å². The molecule has 154 valence electrons. The molecule has 0 aliphatic carbocycles. The average Bonchev–Trinajstić information content (AvgIpc) is 3.17. The van der Waals surface area contributed by atoms with Crippen molar-refractivity contribution < 1.29 is 9.21 Å². The fourth-order valence-electron chi connectivity index (χ4n) is 3.54. The van der Waals surface area contributed by atoms with Gasteiger partial charge in [0.15, 0.2) is 5.58 Å². The SMILES string of the molecule is Cc1c(NC(=O)CCCn2c(=O)oc3ccccc32)c(=O)n(-c2ccccc2)n1C. The number of oxazole rings is 1. The van der Waals surface area contributed by atoms with Crippen LogP contribution in [0, 0.1) is 6.92 Å². The van der Waals surface area contributed by atoms with Gasteiger partial charge in [0.05, 0.1) is 16.9 Å². The van der Waals surface area contributed by atoms with Crippen LogP contribution in [0.2, 0.25) is 0 Å². The predicted octanol–water partition coefficient (Wildman–Crippen LogP) is 2.81. The summed E-state index contributed by atoms with van der Waals surface area (Å²) < 4.78 is 9.94. The van der Waals surface area contributed by atoms with Crippen molar-refractivity contribution in [1.29, 1.82) is 0 Å². The van der Waals surface area contributed by atoms with Gasteiger partial charge in [-0.2, -0.15) is 0 Å². The quantitative estimate of drug-likeness (QED) is 0.533. The molecule has 0 spiro atoms. The number of benzene rings is 2. The second-order valence-electron chi connectivity index (χ2n) is 7.08. The summed E-state index contributed by atoms with van der Waals surface area (Å²) in [5.41, 5.74) is 2.58. The molecule has 1 N–H and O–H groups in total. The van der Waals surface area contributed by atoms with Gasteiger partial charge in [-0.15, -0.1) is 0 Å². The Morgan fingerprint density at radius 3 is 2.50 bits per heavy atom. The zero-order valence-corrected chi connectivity index (χ0v) is 16.8. The summed E-state index contributed by atoms with van der Waals surface area (Å²) in [6.45, 7) is 2.14. The lowest BCUT2D eigenvalue weighted by Crippen LogP contribution is -2.23. The predicted molar refractivity (Wildman–Crippen MR) is 114 cm³/mol. The molecule has 0 saturated heterocycles. The van der Waals surface area contributed by atoms with E-state index in [2.05, 4.69) is 5.32 Å². The number of rotatable bonds is 6. The molecule has 0 fully saturated rings. The lowest BCUT2D eigenvalue weighted by Gasteiger charge is -2.07. The monoisotopic (exact) mass is 406 g/mol. The van der Waals surface area contributed by atoms with Crippen LogP contribution < -0.4 is 16.6 Å². The Morgan fingerprint density at radius 2 is 1.73 bits per heavy atom. The molecule has 0 aliphatic heterocycles. The molecule has 0 unspecified atom stereocenters. The van der Waals surface area contributed by atoms with Crippen LogP contribution in [0.15, 0.2) is 68.6 Å². The number of aryl methyl sites for hydroxylation is 1. The number of anilines is 1. The molecule has 4 aromatic rings. The highest BCUT2D eigenvalue weighted by Gasteiger charge is 2.18. The van der Waals surface area contributed by atoms with E-state index < -0.39 is 5.76 Å². The van der Waals surface area contributed by atoms with Crippen molar-refractivity contribution in [3.63, 3.8) is 0 Å². The van der Waals surface area contributed by atoms with Crippen molar-refractivity contribution in [2.45, 2.75) is 26.3 Å². The number of nitrogens with one attached hydrogen (secondary N) is 1. The number of hydrogen-bond acceptors (Lipinski definition) is 4. The van der Waals surface area contributed by atoms with Crippen molar-refractivity contribution in [3.05, 3.63) is 81.2 Å². The van der Waals surface area contributed by atoms with E-state index in [1.54, 1.807) is 36.9 Å². The highest BCUT2D eigenvalue weighted by molar-refractivity contribution is 5.91. The van der Waals surface area contributed by atoms with Crippen molar-refractivity contribution in [1.82, 2.24) is 13.9 Å².